The SMILES string of the molecule is CCNC1CC(C)CCc2c1cc1c3c(cccc23)CC1. The number of fused-ring (bicyclic) bond motifs is 2. The maximum Gasteiger partial charge on any atom is 0.0325 e. The summed E-state index contributed by atoms with van der Waals surface area (Å²) in [6.07, 6.45) is 6.33. The van der Waals surface area contributed by atoms with Gasteiger partial charge in [0, 0.05) is 6.04 Å². The summed E-state index contributed by atoms with van der Waals surface area (Å²) in [7, 11) is 0. The Balaban J connectivity index is 1.96. The van der Waals surface area contributed by atoms with Gasteiger partial charge in [-0.1, -0.05) is 38.1 Å². The zero-order valence-electron chi connectivity index (χ0n) is 13.2. The first-order valence-corrected chi connectivity index (χ1v) is 8.57. The predicted molar refractivity (Wildman–Crippen MR) is 89.9 cm³/mol. The predicted octanol–water partition coefficient (Wildman–Crippen LogP) is 4.56. The van der Waals surface area contributed by atoms with Crippen molar-refractivity contribution in [3.63, 3.8) is 0 Å². The number of benzene rings is 2. The minimum Gasteiger partial charge on any atom is -0.310 e. The van der Waals surface area contributed by atoms with Gasteiger partial charge in [0.2, 0.25) is 0 Å². The fraction of sp³-hybridized carbons (Fsp3) is 0.500. The van der Waals surface area contributed by atoms with Gasteiger partial charge in [-0.05, 0) is 77.6 Å². The monoisotopic (exact) mass is 279 g/mol. The molecule has 2 aliphatic rings. The van der Waals surface area contributed by atoms with Crippen molar-refractivity contribution in [1.82, 2.24) is 5.32 Å². The topological polar surface area (TPSA) is 12.0 Å². The summed E-state index contributed by atoms with van der Waals surface area (Å²) in [6, 6.07) is 10.0. The van der Waals surface area contributed by atoms with Crippen LogP contribution in [-0.4, -0.2) is 6.54 Å². The second-order valence-electron chi connectivity index (χ2n) is 6.93. The van der Waals surface area contributed by atoms with E-state index in [0.29, 0.717) is 6.04 Å². The van der Waals surface area contributed by atoms with Crippen LogP contribution in [0.4, 0.5) is 0 Å². The summed E-state index contributed by atoms with van der Waals surface area (Å²) in [5.74, 6) is 0.811. The first-order chi connectivity index (χ1) is 10.3. The van der Waals surface area contributed by atoms with E-state index in [1.54, 1.807) is 33.0 Å². The zero-order valence-corrected chi connectivity index (χ0v) is 13.2. The molecule has 0 aliphatic heterocycles. The molecule has 1 N–H and O–H groups in total. The molecule has 21 heavy (non-hydrogen) atoms. The van der Waals surface area contributed by atoms with Crippen LogP contribution in [0.1, 0.15) is 55.0 Å². The summed E-state index contributed by atoms with van der Waals surface area (Å²) >= 11 is 0. The van der Waals surface area contributed by atoms with Crippen molar-refractivity contribution in [3.8, 4) is 0 Å². The third-order valence-corrected chi connectivity index (χ3v) is 5.49. The molecule has 2 aromatic carbocycles. The Hall–Kier alpha value is -1.34. The molecule has 2 aliphatic carbocycles. The quantitative estimate of drug-likeness (QED) is 0.795. The summed E-state index contributed by atoms with van der Waals surface area (Å²) in [5, 5.41) is 6.88. The molecule has 4 rings (SSSR count). The number of rotatable bonds is 2. The lowest BCUT2D eigenvalue weighted by Crippen LogP contribution is -2.22. The number of aryl methyl sites for hydroxylation is 3. The Morgan fingerprint density at radius 2 is 2.00 bits per heavy atom. The highest BCUT2D eigenvalue weighted by molar-refractivity contribution is 5.94. The molecule has 0 amide bonds. The molecule has 2 atom stereocenters. The molecule has 0 saturated carbocycles. The van der Waals surface area contributed by atoms with Crippen LogP contribution < -0.4 is 5.32 Å². The Morgan fingerprint density at radius 3 is 2.86 bits per heavy atom. The van der Waals surface area contributed by atoms with Gasteiger partial charge in [0.1, 0.15) is 0 Å². The van der Waals surface area contributed by atoms with E-state index in [-0.39, 0.29) is 0 Å². The van der Waals surface area contributed by atoms with Crippen LogP contribution >= 0.6 is 0 Å². The van der Waals surface area contributed by atoms with E-state index in [2.05, 4.69) is 43.4 Å². The fourth-order valence-corrected chi connectivity index (χ4v) is 4.48. The van der Waals surface area contributed by atoms with E-state index in [4.69, 9.17) is 0 Å². The zero-order chi connectivity index (χ0) is 14.4. The Labute approximate surface area is 127 Å². The van der Waals surface area contributed by atoms with E-state index < -0.39 is 0 Å². The van der Waals surface area contributed by atoms with Gasteiger partial charge in [-0.2, -0.15) is 0 Å². The minimum absolute atomic E-state index is 0.549. The van der Waals surface area contributed by atoms with Gasteiger partial charge < -0.3 is 5.32 Å². The molecule has 0 heterocycles. The first kappa shape index (κ1) is 13.3. The van der Waals surface area contributed by atoms with Crippen molar-refractivity contribution in [2.24, 2.45) is 5.92 Å². The molecule has 1 heteroatoms. The molecular formula is C20H25N. The van der Waals surface area contributed by atoms with Gasteiger partial charge in [0.05, 0.1) is 0 Å². The third kappa shape index (κ3) is 2.10. The summed E-state index contributed by atoms with van der Waals surface area (Å²) in [6.45, 7) is 5.70. The molecule has 0 spiro atoms. The van der Waals surface area contributed by atoms with Gasteiger partial charge in [-0.3, -0.25) is 0 Å². The van der Waals surface area contributed by atoms with E-state index >= 15 is 0 Å². The number of hydrogen-bond donors (Lipinski definition) is 1. The van der Waals surface area contributed by atoms with Crippen molar-refractivity contribution in [3.05, 3.63) is 46.5 Å². The third-order valence-electron chi connectivity index (χ3n) is 5.49. The summed E-state index contributed by atoms with van der Waals surface area (Å²) in [5.41, 5.74) is 6.40. The Morgan fingerprint density at radius 1 is 1.14 bits per heavy atom. The van der Waals surface area contributed by atoms with Gasteiger partial charge in [-0.25, -0.2) is 0 Å². The minimum atomic E-state index is 0.549. The van der Waals surface area contributed by atoms with Gasteiger partial charge in [-0.15, -0.1) is 0 Å². The smallest absolute Gasteiger partial charge is 0.0325 e. The summed E-state index contributed by atoms with van der Waals surface area (Å²) in [4.78, 5) is 0. The number of nitrogens with one attached hydrogen (secondary N) is 1. The Kier molecular flexibility index (Phi) is 3.26. The largest absolute Gasteiger partial charge is 0.310 e. The van der Waals surface area contributed by atoms with Crippen molar-refractivity contribution in [2.75, 3.05) is 6.54 Å². The van der Waals surface area contributed by atoms with Crippen LogP contribution in [0, 0.1) is 5.92 Å². The molecule has 2 unspecified atom stereocenters. The number of hydrogen-bond acceptors (Lipinski definition) is 1. The fourth-order valence-electron chi connectivity index (χ4n) is 4.48. The standard InChI is InChI=1S/C20H25N/c1-3-21-19-11-13(2)7-10-16-17-6-4-5-14-8-9-15(20(14)17)12-18(16)19/h4-6,12-13,19,21H,3,7-11H2,1-2H3. The highest BCUT2D eigenvalue weighted by Crippen LogP contribution is 2.40. The molecule has 2 aromatic rings. The average Bonchev–Trinajstić information content (AvgIpc) is 2.83. The van der Waals surface area contributed by atoms with Gasteiger partial charge in [0.25, 0.3) is 0 Å². The summed E-state index contributed by atoms with van der Waals surface area (Å²) < 4.78 is 0. The van der Waals surface area contributed by atoms with E-state index in [1.165, 1.54) is 32.1 Å². The van der Waals surface area contributed by atoms with E-state index in [9.17, 15) is 0 Å². The highest BCUT2D eigenvalue weighted by atomic mass is 14.9. The van der Waals surface area contributed by atoms with Crippen molar-refractivity contribution < 1.29 is 0 Å². The molecule has 0 saturated heterocycles. The van der Waals surface area contributed by atoms with Gasteiger partial charge in [0.15, 0.2) is 0 Å². The van der Waals surface area contributed by atoms with E-state index in [0.717, 1.165) is 12.5 Å². The normalized spacial score (nSPS) is 24.1. The molecule has 0 fully saturated rings. The molecule has 0 radical (unpaired) electrons. The molecule has 0 bridgehead atoms. The van der Waals surface area contributed by atoms with Crippen LogP contribution in [0.3, 0.4) is 0 Å². The lowest BCUT2D eigenvalue weighted by Gasteiger charge is -2.22. The molecule has 0 aromatic heterocycles. The molecule has 1 nitrogen and oxygen atoms in total. The van der Waals surface area contributed by atoms with E-state index in [1.807, 2.05) is 0 Å². The molecular weight excluding hydrogens is 254 g/mol. The first-order valence-electron chi connectivity index (χ1n) is 8.57. The second kappa shape index (κ2) is 5.14. The van der Waals surface area contributed by atoms with Crippen LogP contribution in [0.5, 0.6) is 0 Å². The molecule has 110 valence electrons. The van der Waals surface area contributed by atoms with Crippen LogP contribution in [0.15, 0.2) is 24.3 Å². The average molecular weight is 279 g/mol. The Bertz CT molecular complexity index is 686. The highest BCUT2D eigenvalue weighted by Gasteiger charge is 2.26. The van der Waals surface area contributed by atoms with Crippen LogP contribution in [0.2, 0.25) is 0 Å². The van der Waals surface area contributed by atoms with Crippen LogP contribution in [-0.2, 0) is 19.3 Å². The lowest BCUT2D eigenvalue weighted by molar-refractivity contribution is 0.414. The van der Waals surface area contributed by atoms with Gasteiger partial charge >= 0.3 is 0 Å². The second-order valence-corrected chi connectivity index (χ2v) is 6.93. The van der Waals surface area contributed by atoms with Crippen molar-refractivity contribution in [2.45, 2.75) is 52.0 Å². The van der Waals surface area contributed by atoms with Crippen molar-refractivity contribution in [1.29, 1.82) is 0 Å². The van der Waals surface area contributed by atoms with Crippen molar-refractivity contribution >= 4 is 10.8 Å². The maximum absolute atomic E-state index is 3.74. The van der Waals surface area contributed by atoms with Crippen LogP contribution in [0.25, 0.3) is 10.8 Å². The maximum atomic E-state index is 3.74. The lowest BCUT2D eigenvalue weighted by atomic mass is 9.90.